The van der Waals surface area contributed by atoms with Crippen molar-refractivity contribution in [2.24, 2.45) is 0 Å². The Morgan fingerprint density at radius 1 is 0.900 bits per heavy atom. The monoisotopic (exact) mass is 529 g/mol. The second-order valence-electron chi connectivity index (χ2n) is 7.11. The smallest absolute Gasteiger partial charge is 0.165 e. The molecule has 0 fully saturated rings. The average Bonchev–Trinajstić information content (AvgIpc) is 2.76. The summed E-state index contributed by atoms with van der Waals surface area (Å²) in [6, 6.07) is 23.4. The van der Waals surface area contributed by atoms with E-state index in [4.69, 9.17) is 4.74 Å². The van der Waals surface area contributed by atoms with Crippen LogP contribution in [0.25, 0.3) is 0 Å². The van der Waals surface area contributed by atoms with Gasteiger partial charge in [0.25, 0.3) is 0 Å². The van der Waals surface area contributed by atoms with Gasteiger partial charge in [-0.1, -0.05) is 69.5 Å². The number of unbranched alkanes of at least 4 members (excludes halogenated alkanes) is 1. The van der Waals surface area contributed by atoms with Gasteiger partial charge >= 0.3 is 0 Å². The van der Waals surface area contributed by atoms with Gasteiger partial charge in [-0.2, -0.15) is 0 Å². The maximum Gasteiger partial charge on any atom is 0.165 e. The third-order valence-electron chi connectivity index (χ3n) is 4.79. The summed E-state index contributed by atoms with van der Waals surface area (Å²) in [6.45, 7) is 2.87. The Balaban J connectivity index is 1.78. The Bertz CT molecular complexity index is 938. The average molecular weight is 531 g/mol. The molecule has 0 saturated carbocycles. The number of ether oxygens (including phenoxy) is 1. The molecular formula is C25H25Br2NO2. The highest BCUT2D eigenvalue weighted by atomic mass is 79.9. The largest absolute Gasteiger partial charge is 0.494 e. The molecule has 0 heterocycles. The first-order valence-corrected chi connectivity index (χ1v) is 11.7. The molecule has 0 aliphatic carbocycles. The molecule has 3 nitrogen and oxygen atoms in total. The molecule has 3 aromatic rings. The Morgan fingerprint density at radius 2 is 1.50 bits per heavy atom. The lowest BCUT2D eigenvalue weighted by Crippen LogP contribution is -2.16. The minimum Gasteiger partial charge on any atom is -0.494 e. The van der Waals surface area contributed by atoms with Crippen molar-refractivity contribution in [3.05, 3.63) is 92.9 Å². The van der Waals surface area contributed by atoms with E-state index in [0.717, 1.165) is 45.4 Å². The van der Waals surface area contributed by atoms with E-state index >= 15 is 0 Å². The number of nitrogens with one attached hydrogen (secondary N) is 1. The minimum atomic E-state index is -0.146. The number of hydrogen-bond acceptors (Lipinski definition) is 3. The number of Topliss-reactive ketones (excluding diaryl/α,β-unsaturated/α-hetero) is 1. The molecule has 0 bridgehead atoms. The van der Waals surface area contributed by atoms with Gasteiger partial charge in [-0.15, -0.1) is 0 Å². The van der Waals surface area contributed by atoms with Crippen LogP contribution in [0.1, 0.15) is 48.1 Å². The highest BCUT2D eigenvalue weighted by Crippen LogP contribution is 2.27. The molecule has 1 N–H and O–H groups in total. The van der Waals surface area contributed by atoms with Crippen molar-refractivity contribution in [1.29, 1.82) is 0 Å². The number of halogens is 2. The number of hydrogen-bond donors (Lipinski definition) is 1. The van der Waals surface area contributed by atoms with Crippen LogP contribution in [0, 0.1) is 0 Å². The molecule has 3 aromatic carbocycles. The van der Waals surface area contributed by atoms with Crippen LogP contribution in [0.15, 0.2) is 81.7 Å². The summed E-state index contributed by atoms with van der Waals surface area (Å²) in [5.41, 5.74) is 2.72. The third-order valence-corrected chi connectivity index (χ3v) is 5.85. The topological polar surface area (TPSA) is 38.3 Å². The highest BCUT2D eigenvalue weighted by Gasteiger charge is 2.18. The fourth-order valence-electron chi connectivity index (χ4n) is 3.07. The van der Waals surface area contributed by atoms with E-state index in [1.165, 1.54) is 0 Å². The first kappa shape index (κ1) is 22.6. The lowest BCUT2D eigenvalue weighted by molar-refractivity contribution is 0.0976. The van der Waals surface area contributed by atoms with Gasteiger partial charge in [-0.3, -0.25) is 4.79 Å². The van der Waals surface area contributed by atoms with Crippen molar-refractivity contribution in [2.75, 3.05) is 11.9 Å². The lowest BCUT2D eigenvalue weighted by Gasteiger charge is -2.21. The molecular weight excluding hydrogens is 506 g/mol. The number of carbonyl (C=O) groups is 1. The van der Waals surface area contributed by atoms with Crippen LogP contribution in [0.5, 0.6) is 5.75 Å². The molecule has 3 rings (SSSR count). The van der Waals surface area contributed by atoms with Crippen LogP contribution < -0.4 is 10.1 Å². The third kappa shape index (κ3) is 6.71. The Kier molecular flexibility index (Phi) is 8.52. The molecule has 30 heavy (non-hydrogen) atoms. The molecule has 1 atom stereocenters. The van der Waals surface area contributed by atoms with Crippen LogP contribution in [0.2, 0.25) is 0 Å². The van der Waals surface area contributed by atoms with E-state index in [1.807, 2.05) is 72.8 Å². The van der Waals surface area contributed by atoms with Crippen LogP contribution in [-0.4, -0.2) is 12.4 Å². The van der Waals surface area contributed by atoms with E-state index < -0.39 is 0 Å². The van der Waals surface area contributed by atoms with Crippen molar-refractivity contribution in [3.8, 4) is 5.75 Å². The number of rotatable bonds is 10. The number of benzene rings is 3. The zero-order valence-corrected chi connectivity index (χ0v) is 20.1. The number of ketones is 1. The Labute approximate surface area is 195 Å². The minimum absolute atomic E-state index is 0.0976. The van der Waals surface area contributed by atoms with Gasteiger partial charge in [0.15, 0.2) is 5.78 Å². The number of anilines is 1. The second kappa shape index (κ2) is 11.3. The van der Waals surface area contributed by atoms with Gasteiger partial charge in [-0.25, -0.2) is 0 Å². The highest BCUT2D eigenvalue weighted by molar-refractivity contribution is 9.10. The van der Waals surface area contributed by atoms with E-state index in [2.05, 4.69) is 44.1 Å². The zero-order chi connectivity index (χ0) is 21.3. The van der Waals surface area contributed by atoms with Gasteiger partial charge in [0.1, 0.15) is 5.75 Å². The Morgan fingerprint density at radius 3 is 2.10 bits per heavy atom. The van der Waals surface area contributed by atoms with Gasteiger partial charge < -0.3 is 10.1 Å². The predicted molar refractivity (Wildman–Crippen MR) is 130 cm³/mol. The quantitative estimate of drug-likeness (QED) is 0.214. The Hall–Kier alpha value is -2.11. The normalized spacial score (nSPS) is 11.7. The van der Waals surface area contributed by atoms with Crippen LogP contribution >= 0.6 is 31.9 Å². The molecule has 0 spiro atoms. The van der Waals surface area contributed by atoms with Gasteiger partial charge in [-0.05, 0) is 60.5 Å². The SMILES string of the molecule is CCCCOc1ccc(C(CC(=O)c2ccc(Br)cc2)Nc2ccc(Br)cc2)cc1. The van der Waals surface area contributed by atoms with Crippen LogP contribution in [0.3, 0.4) is 0 Å². The fourth-order valence-corrected chi connectivity index (χ4v) is 3.60. The summed E-state index contributed by atoms with van der Waals surface area (Å²) in [6.07, 6.45) is 2.50. The van der Waals surface area contributed by atoms with Crippen molar-refractivity contribution < 1.29 is 9.53 Å². The first-order valence-electron chi connectivity index (χ1n) is 10.1. The summed E-state index contributed by atoms with van der Waals surface area (Å²) in [5, 5.41) is 3.51. The fraction of sp³-hybridized carbons (Fsp3) is 0.240. The second-order valence-corrected chi connectivity index (χ2v) is 8.94. The molecule has 0 saturated heterocycles. The maximum absolute atomic E-state index is 12.9. The van der Waals surface area contributed by atoms with Gasteiger partial charge in [0, 0.05) is 26.6 Å². The summed E-state index contributed by atoms with van der Waals surface area (Å²) in [4.78, 5) is 12.9. The molecule has 1 unspecified atom stereocenters. The summed E-state index contributed by atoms with van der Waals surface area (Å²) in [7, 11) is 0. The van der Waals surface area contributed by atoms with Crippen LogP contribution in [-0.2, 0) is 0 Å². The maximum atomic E-state index is 12.9. The number of carbonyl (C=O) groups excluding carboxylic acids is 1. The van der Waals surface area contributed by atoms with Crippen molar-refractivity contribution >= 4 is 43.3 Å². The zero-order valence-electron chi connectivity index (χ0n) is 16.9. The van der Waals surface area contributed by atoms with E-state index in [-0.39, 0.29) is 11.8 Å². The molecule has 0 aliphatic rings. The molecule has 0 amide bonds. The lowest BCUT2D eigenvalue weighted by atomic mass is 9.97. The van der Waals surface area contributed by atoms with E-state index in [0.29, 0.717) is 12.0 Å². The standard InChI is InChI=1S/C25H25Br2NO2/c1-2-3-16-30-23-14-6-18(7-15-23)24(28-22-12-10-21(27)11-13-22)17-25(29)19-4-8-20(26)9-5-19/h4-15,24,28H,2-3,16-17H2,1H3. The molecule has 156 valence electrons. The molecule has 0 radical (unpaired) electrons. The van der Waals surface area contributed by atoms with Crippen molar-refractivity contribution in [2.45, 2.75) is 32.2 Å². The first-order chi connectivity index (χ1) is 14.5. The van der Waals surface area contributed by atoms with Crippen molar-refractivity contribution in [1.82, 2.24) is 0 Å². The molecule has 0 aliphatic heterocycles. The summed E-state index contributed by atoms with van der Waals surface area (Å²) < 4.78 is 7.76. The van der Waals surface area contributed by atoms with Crippen LogP contribution in [0.4, 0.5) is 5.69 Å². The van der Waals surface area contributed by atoms with E-state index in [1.54, 1.807) is 0 Å². The molecule has 5 heteroatoms. The molecule has 0 aromatic heterocycles. The summed E-state index contributed by atoms with van der Waals surface area (Å²) >= 11 is 6.89. The predicted octanol–water partition coefficient (Wildman–Crippen LogP) is 7.82. The van der Waals surface area contributed by atoms with Crippen molar-refractivity contribution in [3.63, 3.8) is 0 Å². The van der Waals surface area contributed by atoms with Gasteiger partial charge in [0.2, 0.25) is 0 Å². The van der Waals surface area contributed by atoms with E-state index in [9.17, 15) is 4.79 Å². The van der Waals surface area contributed by atoms with Gasteiger partial charge in [0.05, 0.1) is 12.6 Å². The summed E-state index contributed by atoms with van der Waals surface area (Å²) in [5.74, 6) is 0.953.